The molecule has 1 atom stereocenters. The van der Waals surface area contributed by atoms with Crippen LogP contribution in [0.4, 0.5) is 5.69 Å². The highest BCUT2D eigenvalue weighted by molar-refractivity contribution is 6.42. The maximum absolute atomic E-state index is 12.3. The molecule has 134 valence electrons. The Balaban J connectivity index is 1.68. The van der Waals surface area contributed by atoms with Gasteiger partial charge in [-0.15, -0.1) is 0 Å². The first-order valence-corrected chi connectivity index (χ1v) is 9.34. The molecule has 3 rings (SSSR count). The molecule has 0 fully saturated rings. The first kappa shape index (κ1) is 19.0. The van der Waals surface area contributed by atoms with Crippen LogP contribution >= 0.6 is 34.8 Å². The van der Waals surface area contributed by atoms with Gasteiger partial charge in [0.25, 0.3) is 5.91 Å². The van der Waals surface area contributed by atoms with Gasteiger partial charge in [0, 0.05) is 10.6 Å². The smallest absolute Gasteiger partial charge is 0.279 e. The van der Waals surface area contributed by atoms with Gasteiger partial charge in [-0.2, -0.15) is 0 Å². The Morgan fingerprint density at radius 2 is 1.69 bits per heavy atom. The van der Waals surface area contributed by atoms with Crippen molar-refractivity contribution in [3.05, 3.63) is 75.2 Å². The van der Waals surface area contributed by atoms with E-state index in [1.165, 1.54) is 16.3 Å². The molecule has 0 radical (unpaired) electrons. The third kappa shape index (κ3) is 4.30. The van der Waals surface area contributed by atoms with Crippen LogP contribution in [0.5, 0.6) is 0 Å². The zero-order chi connectivity index (χ0) is 18.7. The third-order valence-corrected chi connectivity index (χ3v) is 5.06. The number of nitrogens with one attached hydrogen (secondary N) is 1. The molecule has 26 heavy (non-hydrogen) atoms. The number of benzene rings is 3. The molecule has 0 saturated carbocycles. The third-order valence-electron chi connectivity index (χ3n) is 4.24. The van der Waals surface area contributed by atoms with E-state index in [9.17, 15) is 4.79 Å². The summed E-state index contributed by atoms with van der Waals surface area (Å²) in [6.07, 6.45) is 0. The molecule has 0 aliphatic rings. The first-order valence-electron chi connectivity index (χ1n) is 8.21. The van der Waals surface area contributed by atoms with Crippen molar-refractivity contribution in [1.82, 2.24) is 0 Å². The molecule has 6 heteroatoms. The van der Waals surface area contributed by atoms with Gasteiger partial charge >= 0.3 is 0 Å². The summed E-state index contributed by atoms with van der Waals surface area (Å²) in [5, 5.41) is 8.18. The van der Waals surface area contributed by atoms with E-state index < -0.39 is 0 Å². The maximum atomic E-state index is 12.3. The second kappa shape index (κ2) is 8.28. The Morgan fingerprint density at radius 1 is 1.04 bits per heavy atom. The van der Waals surface area contributed by atoms with Gasteiger partial charge in [0.05, 0.1) is 15.7 Å². The molecule has 3 aromatic carbocycles. The van der Waals surface area contributed by atoms with Gasteiger partial charge in [0.1, 0.15) is 6.04 Å². The standard InChI is InChI=1S/C20H17Cl3N2O/c1-12(15-8-4-6-13-5-2-3-7-16(13)15)24-11-19(26)25-20-17(22)9-14(21)10-18(20)23/h2-10,12,24H,11H2,1H3,(H,25,26)/p+1/t12-/m0/s1. The van der Waals surface area contributed by atoms with Crippen molar-refractivity contribution in [2.45, 2.75) is 13.0 Å². The van der Waals surface area contributed by atoms with Crippen molar-refractivity contribution in [2.75, 3.05) is 11.9 Å². The molecule has 0 aliphatic heterocycles. The van der Waals surface area contributed by atoms with Gasteiger partial charge in [-0.1, -0.05) is 77.3 Å². The van der Waals surface area contributed by atoms with Crippen molar-refractivity contribution in [3.8, 4) is 0 Å². The SMILES string of the molecule is C[C@H]([NH2+]CC(=O)Nc1c(Cl)cc(Cl)cc1Cl)c1cccc2ccccc12. The van der Waals surface area contributed by atoms with Gasteiger partial charge in [-0.25, -0.2) is 0 Å². The van der Waals surface area contributed by atoms with Gasteiger partial charge in [-0.3, -0.25) is 4.79 Å². The normalized spacial score (nSPS) is 12.2. The molecule has 0 saturated heterocycles. The number of hydrogen-bond donors (Lipinski definition) is 2. The molecule has 0 spiro atoms. The summed E-state index contributed by atoms with van der Waals surface area (Å²) in [5.74, 6) is -0.178. The van der Waals surface area contributed by atoms with Crippen LogP contribution < -0.4 is 10.6 Å². The second-order valence-electron chi connectivity index (χ2n) is 6.09. The minimum atomic E-state index is -0.178. The van der Waals surface area contributed by atoms with E-state index in [0.29, 0.717) is 20.8 Å². The molecule has 0 unspecified atom stereocenters. The van der Waals surface area contributed by atoms with Crippen LogP contribution in [0.1, 0.15) is 18.5 Å². The Labute approximate surface area is 167 Å². The van der Waals surface area contributed by atoms with Crippen LogP contribution in [0.2, 0.25) is 15.1 Å². The fourth-order valence-electron chi connectivity index (χ4n) is 2.91. The zero-order valence-electron chi connectivity index (χ0n) is 14.1. The summed E-state index contributed by atoms with van der Waals surface area (Å²) in [5.41, 5.74) is 1.58. The summed E-state index contributed by atoms with van der Waals surface area (Å²) >= 11 is 18.1. The van der Waals surface area contributed by atoms with Gasteiger partial charge < -0.3 is 10.6 Å². The number of rotatable bonds is 5. The molecular formula is C20H18Cl3N2O+. The highest BCUT2D eigenvalue weighted by Gasteiger charge is 2.16. The largest absolute Gasteiger partial charge is 0.332 e. The van der Waals surface area contributed by atoms with Crippen LogP contribution in [-0.4, -0.2) is 12.5 Å². The number of nitrogens with two attached hydrogens (primary N) is 1. The average Bonchev–Trinajstić information content (AvgIpc) is 2.62. The van der Waals surface area contributed by atoms with Crippen LogP contribution in [0.3, 0.4) is 0 Å². The Kier molecular flexibility index (Phi) is 6.05. The van der Waals surface area contributed by atoms with Crippen LogP contribution in [-0.2, 0) is 4.79 Å². The molecule has 3 aromatic rings. The van der Waals surface area contributed by atoms with Crippen molar-refractivity contribution >= 4 is 57.2 Å². The first-order chi connectivity index (χ1) is 12.5. The number of quaternary nitrogens is 1. The van der Waals surface area contributed by atoms with Crippen molar-refractivity contribution in [2.24, 2.45) is 0 Å². The van der Waals surface area contributed by atoms with E-state index in [1.54, 1.807) is 12.1 Å². The maximum Gasteiger partial charge on any atom is 0.279 e. The number of halogens is 3. The van der Waals surface area contributed by atoms with Gasteiger partial charge in [0.15, 0.2) is 6.54 Å². The summed E-state index contributed by atoms with van der Waals surface area (Å²) in [4.78, 5) is 12.3. The number of amides is 1. The molecule has 0 aromatic heterocycles. The number of carbonyl (C=O) groups excluding carboxylic acids is 1. The van der Waals surface area contributed by atoms with E-state index in [2.05, 4.69) is 36.5 Å². The van der Waals surface area contributed by atoms with Crippen molar-refractivity contribution in [1.29, 1.82) is 0 Å². The molecule has 0 bridgehead atoms. The molecule has 0 aliphatic carbocycles. The fourth-order valence-corrected chi connectivity index (χ4v) is 3.82. The van der Waals surface area contributed by atoms with Gasteiger partial charge in [-0.05, 0) is 29.8 Å². The Hall–Kier alpha value is -1.78. The highest BCUT2D eigenvalue weighted by Crippen LogP contribution is 2.33. The van der Waals surface area contributed by atoms with Crippen LogP contribution in [0.15, 0.2) is 54.6 Å². The second-order valence-corrected chi connectivity index (χ2v) is 7.34. The summed E-state index contributed by atoms with van der Waals surface area (Å²) in [7, 11) is 0. The molecule has 3 N–H and O–H groups in total. The minimum Gasteiger partial charge on any atom is -0.332 e. The summed E-state index contributed by atoms with van der Waals surface area (Å²) < 4.78 is 0. The molecular weight excluding hydrogens is 391 g/mol. The monoisotopic (exact) mass is 407 g/mol. The van der Waals surface area contributed by atoms with E-state index in [4.69, 9.17) is 34.8 Å². The topological polar surface area (TPSA) is 45.7 Å². The lowest BCUT2D eigenvalue weighted by molar-refractivity contribution is -0.682. The van der Waals surface area contributed by atoms with Crippen LogP contribution in [0, 0.1) is 0 Å². The number of fused-ring (bicyclic) bond motifs is 1. The quantitative estimate of drug-likeness (QED) is 0.609. The summed E-state index contributed by atoms with van der Waals surface area (Å²) in [6, 6.07) is 17.7. The fraction of sp³-hybridized carbons (Fsp3) is 0.150. The zero-order valence-corrected chi connectivity index (χ0v) is 16.4. The average molecular weight is 409 g/mol. The number of carbonyl (C=O) groups is 1. The minimum absolute atomic E-state index is 0.128. The summed E-state index contributed by atoms with van der Waals surface area (Å²) in [6.45, 7) is 2.33. The van der Waals surface area contributed by atoms with E-state index in [-0.39, 0.29) is 18.5 Å². The van der Waals surface area contributed by atoms with Gasteiger partial charge in [0.2, 0.25) is 0 Å². The lowest BCUT2D eigenvalue weighted by Crippen LogP contribution is -2.86. The Bertz CT molecular complexity index is 930. The lowest BCUT2D eigenvalue weighted by atomic mass is 10.00. The van der Waals surface area contributed by atoms with E-state index in [1.807, 2.05) is 23.5 Å². The van der Waals surface area contributed by atoms with Crippen molar-refractivity contribution < 1.29 is 10.1 Å². The lowest BCUT2D eigenvalue weighted by Gasteiger charge is -2.14. The Morgan fingerprint density at radius 3 is 2.42 bits per heavy atom. The van der Waals surface area contributed by atoms with E-state index in [0.717, 1.165) is 0 Å². The molecule has 0 heterocycles. The predicted octanol–water partition coefficient (Wildman–Crippen LogP) is 5.06. The number of anilines is 1. The molecule has 1 amide bonds. The number of hydrogen-bond acceptors (Lipinski definition) is 1. The predicted molar refractivity (Wildman–Crippen MR) is 109 cm³/mol. The molecule has 3 nitrogen and oxygen atoms in total. The van der Waals surface area contributed by atoms with E-state index >= 15 is 0 Å². The van der Waals surface area contributed by atoms with Crippen LogP contribution in [0.25, 0.3) is 10.8 Å². The van der Waals surface area contributed by atoms with Crippen molar-refractivity contribution in [3.63, 3.8) is 0 Å². The highest BCUT2D eigenvalue weighted by atomic mass is 35.5.